The van der Waals surface area contributed by atoms with Crippen LogP contribution in [0.15, 0.2) is 29.8 Å². The lowest BCUT2D eigenvalue weighted by atomic mass is 10.0. The van der Waals surface area contributed by atoms with Gasteiger partial charge in [0.15, 0.2) is 5.96 Å². The molecule has 0 spiro atoms. The van der Waals surface area contributed by atoms with Crippen molar-refractivity contribution in [1.82, 2.24) is 9.80 Å². The number of aliphatic imine (C=N–C) groups is 1. The van der Waals surface area contributed by atoms with Crippen molar-refractivity contribution in [1.29, 1.82) is 0 Å². The van der Waals surface area contributed by atoms with Crippen molar-refractivity contribution < 1.29 is 5.11 Å². The standard InChI is InChI=1S/C27H51N5O/c1-2-3-4-5-6-7-8-9-10-11-12-14-19-27(33)20-18-25-31(23-17-24-32(25)27)22-16-13-15-21-30-26(28)29/h2,18,20,25,33H,1,3-17,19,21-24H2,(H4,28,29,30). The Morgan fingerprint density at radius 2 is 1.58 bits per heavy atom. The summed E-state index contributed by atoms with van der Waals surface area (Å²) in [6.45, 7) is 7.67. The predicted octanol–water partition coefficient (Wildman–Crippen LogP) is 4.89. The minimum Gasteiger partial charge on any atom is -0.372 e. The topological polar surface area (TPSA) is 91.1 Å². The smallest absolute Gasteiger partial charge is 0.185 e. The minimum atomic E-state index is -0.748. The normalized spacial score (nSPS) is 23.0. The molecule has 6 nitrogen and oxygen atoms in total. The van der Waals surface area contributed by atoms with Gasteiger partial charge in [-0.25, -0.2) is 0 Å². The van der Waals surface area contributed by atoms with Crippen LogP contribution >= 0.6 is 0 Å². The Morgan fingerprint density at radius 1 is 0.939 bits per heavy atom. The molecule has 2 heterocycles. The highest BCUT2D eigenvalue weighted by Gasteiger charge is 2.43. The van der Waals surface area contributed by atoms with Crippen LogP contribution in [0.5, 0.6) is 0 Å². The lowest BCUT2D eigenvalue weighted by molar-refractivity contribution is -0.122. The van der Waals surface area contributed by atoms with Gasteiger partial charge in [0.1, 0.15) is 5.72 Å². The molecule has 2 atom stereocenters. The summed E-state index contributed by atoms with van der Waals surface area (Å²) in [6.07, 6.45) is 26.2. The van der Waals surface area contributed by atoms with E-state index < -0.39 is 5.72 Å². The van der Waals surface area contributed by atoms with Crippen LogP contribution in [0.4, 0.5) is 0 Å². The van der Waals surface area contributed by atoms with Crippen molar-refractivity contribution >= 4 is 5.96 Å². The van der Waals surface area contributed by atoms with Crippen LogP contribution in [-0.2, 0) is 0 Å². The second-order valence-electron chi connectivity index (χ2n) is 9.96. The van der Waals surface area contributed by atoms with Gasteiger partial charge in [0.25, 0.3) is 0 Å². The SMILES string of the molecule is C=CCCCCCCCCCCCCC1(O)C=CC2N(CCCCCN=C(N)N)CCCN21. The maximum atomic E-state index is 11.3. The number of allylic oxidation sites excluding steroid dienone is 1. The Morgan fingerprint density at radius 3 is 2.24 bits per heavy atom. The molecule has 2 aliphatic heterocycles. The Bertz CT molecular complexity index is 589. The van der Waals surface area contributed by atoms with Crippen molar-refractivity contribution in [2.45, 2.75) is 115 Å². The van der Waals surface area contributed by atoms with Gasteiger partial charge < -0.3 is 16.6 Å². The van der Waals surface area contributed by atoms with Crippen molar-refractivity contribution in [2.24, 2.45) is 16.5 Å². The molecule has 0 aromatic rings. The summed E-state index contributed by atoms with van der Waals surface area (Å²) in [5.74, 6) is 0.183. The van der Waals surface area contributed by atoms with E-state index in [9.17, 15) is 5.11 Å². The maximum Gasteiger partial charge on any atom is 0.185 e. The van der Waals surface area contributed by atoms with E-state index in [2.05, 4.69) is 33.5 Å². The summed E-state index contributed by atoms with van der Waals surface area (Å²) >= 11 is 0. The molecule has 0 saturated carbocycles. The molecule has 2 aliphatic rings. The predicted molar refractivity (Wildman–Crippen MR) is 141 cm³/mol. The van der Waals surface area contributed by atoms with Gasteiger partial charge in [0, 0.05) is 19.6 Å². The summed E-state index contributed by atoms with van der Waals surface area (Å²) < 4.78 is 0. The van der Waals surface area contributed by atoms with E-state index in [4.69, 9.17) is 11.5 Å². The summed E-state index contributed by atoms with van der Waals surface area (Å²) in [5, 5.41) is 11.3. The van der Waals surface area contributed by atoms with E-state index in [1.54, 1.807) is 0 Å². The molecular formula is C27H51N5O. The quantitative estimate of drug-likeness (QED) is 0.110. The Kier molecular flexibility index (Phi) is 13.8. The Hall–Kier alpha value is -1.37. The molecular weight excluding hydrogens is 410 g/mol. The number of unbranched alkanes of at least 4 members (excludes halogenated alkanes) is 12. The van der Waals surface area contributed by atoms with Crippen molar-refractivity contribution in [3.63, 3.8) is 0 Å². The maximum absolute atomic E-state index is 11.3. The number of hydrogen-bond acceptors (Lipinski definition) is 4. The third-order valence-electron chi connectivity index (χ3n) is 7.17. The summed E-state index contributed by atoms with van der Waals surface area (Å²) in [4.78, 5) is 8.90. The molecule has 0 aliphatic carbocycles. The van der Waals surface area contributed by atoms with Gasteiger partial charge in [-0.2, -0.15) is 0 Å². The second-order valence-corrected chi connectivity index (χ2v) is 9.96. The monoisotopic (exact) mass is 461 g/mol. The largest absolute Gasteiger partial charge is 0.372 e. The average molecular weight is 462 g/mol. The van der Waals surface area contributed by atoms with Gasteiger partial charge in [-0.05, 0) is 57.6 Å². The molecule has 1 saturated heterocycles. The van der Waals surface area contributed by atoms with Gasteiger partial charge in [-0.15, -0.1) is 6.58 Å². The Labute approximate surface area is 203 Å². The number of fused-ring (bicyclic) bond motifs is 1. The lowest BCUT2D eigenvalue weighted by Crippen LogP contribution is -2.58. The second kappa shape index (κ2) is 16.3. The highest BCUT2D eigenvalue weighted by atomic mass is 16.3. The fraction of sp³-hybridized carbons (Fsp3) is 0.815. The third kappa shape index (κ3) is 10.6. The first-order valence-corrected chi connectivity index (χ1v) is 13.7. The van der Waals surface area contributed by atoms with Gasteiger partial charge >= 0.3 is 0 Å². The first-order valence-electron chi connectivity index (χ1n) is 13.7. The van der Waals surface area contributed by atoms with E-state index in [0.29, 0.717) is 6.54 Å². The molecule has 0 radical (unpaired) electrons. The number of nitrogens with two attached hydrogens (primary N) is 2. The molecule has 33 heavy (non-hydrogen) atoms. The van der Waals surface area contributed by atoms with E-state index in [0.717, 1.165) is 58.2 Å². The van der Waals surface area contributed by atoms with Gasteiger partial charge in [0.05, 0.1) is 6.17 Å². The first-order chi connectivity index (χ1) is 16.1. The number of nitrogens with zero attached hydrogens (tertiary/aromatic N) is 3. The van der Waals surface area contributed by atoms with Crippen LogP contribution in [0.2, 0.25) is 0 Å². The molecule has 0 amide bonds. The first kappa shape index (κ1) is 27.9. The molecule has 190 valence electrons. The fourth-order valence-corrected chi connectivity index (χ4v) is 5.26. The minimum absolute atomic E-state index is 0.183. The zero-order valence-electron chi connectivity index (χ0n) is 21.1. The highest BCUT2D eigenvalue weighted by Crippen LogP contribution is 2.34. The van der Waals surface area contributed by atoms with E-state index in [1.807, 2.05) is 6.08 Å². The molecule has 6 heteroatoms. The lowest BCUT2D eigenvalue weighted by Gasteiger charge is -2.45. The number of guanidine groups is 1. The van der Waals surface area contributed by atoms with E-state index in [1.165, 1.54) is 64.2 Å². The number of hydrogen-bond donors (Lipinski definition) is 3. The van der Waals surface area contributed by atoms with Crippen LogP contribution in [0.3, 0.4) is 0 Å². The molecule has 1 fully saturated rings. The molecule has 0 aromatic carbocycles. The van der Waals surface area contributed by atoms with Crippen molar-refractivity contribution in [3.05, 3.63) is 24.8 Å². The summed E-state index contributed by atoms with van der Waals surface area (Å²) in [7, 11) is 0. The zero-order valence-corrected chi connectivity index (χ0v) is 21.1. The summed E-state index contributed by atoms with van der Waals surface area (Å²) in [6, 6.07) is 0. The van der Waals surface area contributed by atoms with Crippen LogP contribution in [0, 0.1) is 0 Å². The number of rotatable bonds is 19. The van der Waals surface area contributed by atoms with Crippen LogP contribution in [0.1, 0.15) is 103 Å². The molecule has 0 aromatic heterocycles. The highest BCUT2D eigenvalue weighted by molar-refractivity contribution is 5.75. The fourth-order valence-electron chi connectivity index (χ4n) is 5.26. The van der Waals surface area contributed by atoms with E-state index >= 15 is 0 Å². The Balaban J connectivity index is 1.55. The average Bonchev–Trinajstić information content (AvgIpc) is 3.14. The van der Waals surface area contributed by atoms with Crippen molar-refractivity contribution in [2.75, 3.05) is 26.2 Å². The molecule has 5 N–H and O–H groups in total. The van der Waals surface area contributed by atoms with Crippen LogP contribution in [0.25, 0.3) is 0 Å². The zero-order chi connectivity index (χ0) is 23.8. The molecule has 2 rings (SSSR count). The number of aliphatic hydroxyl groups is 1. The summed E-state index contributed by atoms with van der Waals surface area (Å²) in [5.41, 5.74) is 10.0. The third-order valence-corrected chi connectivity index (χ3v) is 7.17. The molecule has 0 bridgehead atoms. The molecule has 2 unspecified atom stereocenters. The van der Waals surface area contributed by atoms with Crippen LogP contribution in [-0.4, -0.2) is 58.9 Å². The van der Waals surface area contributed by atoms with Crippen LogP contribution < -0.4 is 11.5 Å². The van der Waals surface area contributed by atoms with Crippen molar-refractivity contribution in [3.8, 4) is 0 Å². The van der Waals surface area contributed by atoms with Gasteiger partial charge in [0.2, 0.25) is 0 Å². The van der Waals surface area contributed by atoms with E-state index in [-0.39, 0.29) is 12.1 Å². The van der Waals surface area contributed by atoms with Gasteiger partial charge in [-0.1, -0.05) is 69.9 Å². The van der Waals surface area contributed by atoms with Gasteiger partial charge in [-0.3, -0.25) is 14.8 Å².